The van der Waals surface area contributed by atoms with Crippen LogP contribution in [-0.2, 0) is 9.59 Å². The fraction of sp³-hybridized carbons (Fsp3) is 0.438. The number of benzene rings is 1. The molecule has 1 unspecified atom stereocenters. The first-order valence-corrected chi connectivity index (χ1v) is 8.71. The Morgan fingerprint density at radius 3 is 2.79 bits per heavy atom. The van der Waals surface area contributed by atoms with Gasteiger partial charge in [-0.15, -0.1) is 0 Å². The van der Waals surface area contributed by atoms with E-state index in [1.165, 1.54) is 12.0 Å². The van der Waals surface area contributed by atoms with Crippen molar-refractivity contribution in [1.29, 1.82) is 0 Å². The predicted octanol–water partition coefficient (Wildman–Crippen LogP) is 1.59. The number of ether oxygens (including phenoxy) is 2. The Kier molecular flexibility index (Phi) is 4.75. The maximum atomic E-state index is 12.7. The number of Topliss-reactive ketones (excluding diaryl/α,β-unsaturated/α-hetero) is 1. The Balaban J connectivity index is 1.98. The molecule has 1 aromatic carbocycles. The summed E-state index contributed by atoms with van der Waals surface area (Å²) in [6, 6.07) is 2.40. The van der Waals surface area contributed by atoms with E-state index < -0.39 is 6.04 Å². The van der Waals surface area contributed by atoms with Crippen LogP contribution in [0.5, 0.6) is 11.5 Å². The Bertz CT molecular complexity index is 706. The van der Waals surface area contributed by atoms with Gasteiger partial charge in [-0.25, -0.2) is 0 Å². The fourth-order valence-corrected chi connectivity index (χ4v) is 3.09. The minimum absolute atomic E-state index is 0.0395. The second-order valence-electron chi connectivity index (χ2n) is 5.62. The smallest absolute Gasteiger partial charge is 0.257 e. The van der Waals surface area contributed by atoms with Crippen molar-refractivity contribution in [2.75, 3.05) is 30.9 Å². The number of rotatable bonds is 5. The first-order valence-electron chi connectivity index (χ1n) is 7.59. The van der Waals surface area contributed by atoms with Crippen LogP contribution in [0.1, 0.15) is 23.2 Å². The number of hydrogen-bond acceptors (Lipinski definition) is 5. The third-order valence-corrected chi connectivity index (χ3v) is 4.60. The number of ketones is 1. The summed E-state index contributed by atoms with van der Waals surface area (Å²) in [5, 5.41) is 3.53. The number of methoxy groups -OCH3 is 1. The maximum absolute atomic E-state index is 12.7. The maximum Gasteiger partial charge on any atom is 0.257 e. The summed E-state index contributed by atoms with van der Waals surface area (Å²) in [6.07, 6.45) is 0.862. The van der Waals surface area contributed by atoms with E-state index in [1.54, 1.807) is 12.1 Å². The van der Waals surface area contributed by atoms with Crippen LogP contribution in [-0.4, -0.2) is 54.1 Å². The third kappa shape index (κ3) is 2.98. The first kappa shape index (κ1) is 16.8. The van der Waals surface area contributed by atoms with E-state index in [2.05, 4.69) is 21.2 Å². The molecule has 0 aliphatic carbocycles. The Hall–Kier alpha value is -2.09. The van der Waals surface area contributed by atoms with E-state index in [1.807, 2.05) is 0 Å². The summed E-state index contributed by atoms with van der Waals surface area (Å²) in [5.74, 6) is 0.0426. The van der Waals surface area contributed by atoms with Gasteiger partial charge in [-0.1, -0.05) is 15.9 Å². The second-order valence-corrected chi connectivity index (χ2v) is 6.41. The monoisotopic (exact) mass is 396 g/mol. The standard InChI is InChI=1S/C16H17BrN2O5/c1-23-13-6-10-11(7-14(13)24-4-2-3-17)18-15(21)12-5-9(20)8-19(12)16(10)22/h6-7,12H,2-5,8H2,1H3,(H,18,21). The van der Waals surface area contributed by atoms with E-state index in [0.29, 0.717) is 29.4 Å². The summed E-state index contributed by atoms with van der Waals surface area (Å²) in [4.78, 5) is 38.0. The van der Waals surface area contributed by atoms with Gasteiger partial charge >= 0.3 is 0 Å². The highest BCUT2D eigenvalue weighted by Gasteiger charge is 2.42. The molecule has 0 spiro atoms. The summed E-state index contributed by atoms with van der Waals surface area (Å²) < 4.78 is 11.0. The first-order chi connectivity index (χ1) is 11.5. The molecule has 2 aliphatic rings. The molecule has 0 saturated carbocycles. The fourth-order valence-electron chi connectivity index (χ4n) is 2.86. The van der Waals surface area contributed by atoms with Crippen molar-refractivity contribution < 1.29 is 23.9 Å². The van der Waals surface area contributed by atoms with E-state index >= 15 is 0 Å². The van der Waals surface area contributed by atoms with Crippen molar-refractivity contribution in [3.8, 4) is 11.5 Å². The average Bonchev–Trinajstić information content (AvgIpc) is 2.93. The minimum Gasteiger partial charge on any atom is -0.493 e. The molecule has 24 heavy (non-hydrogen) atoms. The quantitative estimate of drug-likeness (QED) is 0.603. The molecule has 1 aromatic rings. The molecule has 2 aliphatic heterocycles. The van der Waals surface area contributed by atoms with Gasteiger partial charge in [0.05, 0.1) is 31.5 Å². The van der Waals surface area contributed by atoms with Crippen molar-refractivity contribution in [3.63, 3.8) is 0 Å². The largest absolute Gasteiger partial charge is 0.493 e. The molecule has 128 valence electrons. The molecule has 3 rings (SSSR count). The number of carbonyl (C=O) groups excluding carboxylic acids is 3. The van der Waals surface area contributed by atoms with Gasteiger partial charge in [0.25, 0.3) is 5.91 Å². The van der Waals surface area contributed by atoms with Crippen LogP contribution in [0.2, 0.25) is 0 Å². The zero-order chi connectivity index (χ0) is 17.3. The van der Waals surface area contributed by atoms with Gasteiger partial charge in [-0.05, 0) is 12.5 Å². The van der Waals surface area contributed by atoms with Crippen molar-refractivity contribution >= 4 is 39.2 Å². The number of nitrogens with one attached hydrogen (secondary N) is 1. The summed E-state index contributed by atoms with van der Waals surface area (Å²) in [6.45, 7) is 0.438. The number of halogens is 1. The lowest BCUT2D eigenvalue weighted by Crippen LogP contribution is -2.40. The van der Waals surface area contributed by atoms with Crippen molar-refractivity contribution in [2.24, 2.45) is 0 Å². The Morgan fingerprint density at radius 1 is 1.29 bits per heavy atom. The van der Waals surface area contributed by atoms with Crippen LogP contribution in [0.25, 0.3) is 0 Å². The molecule has 0 aromatic heterocycles. The molecule has 1 N–H and O–H groups in total. The molecule has 8 heteroatoms. The normalized spacial score (nSPS) is 19.5. The number of hydrogen-bond donors (Lipinski definition) is 1. The van der Waals surface area contributed by atoms with E-state index in [9.17, 15) is 14.4 Å². The van der Waals surface area contributed by atoms with Crippen LogP contribution in [0.4, 0.5) is 5.69 Å². The summed E-state index contributed by atoms with van der Waals surface area (Å²) in [5.41, 5.74) is 0.673. The molecule has 0 bridgehead atoms. The van der Waals surface area contributed by atoms with Gasteiger partial charge in [0.1, 0.15) is 6.04 Å². The molecule has 1 atom stereocenters. The van der Waals surface area contributed by atoms with Gasteiger partial charge in [-0.2, -0.15) is 0 Å². The third-order valence-electron chi connectivity index (χ3n) is 4.04. The minimum atomic E-state index is -0.749. The van der Waals surface area contributed by atoms with Crippen LogP contribution in [0, 0.1) is 0 Å². The molecule has 1 fully saturated rings. The number of anilines is 1. The number of carbonyl (C=O) groups is 3. The lowest BCUT2D eigenvalue weighted by molar-refractivity contribution is -0.121. The Labute approximate surface area is 147 Å². The lowest BCUT2D eigenvalue weighted by Gasteiger charge is -2.19. The number of fused-ring (bicyclic) bond motifs is 2. The highest BCUT2D eigenvalue weighted by atomic mass is 79.9. The van der Waals surface area contributed by atoms with Gasteiger partial charge in [0.15, 0.2) is 17.3 Å². The van der Waals surface area contributed by atoms with Crippen LogP contribution in [0.3, 0.4) is 0 Å². The van der Waals surface area contributed by atoms with Crippen LogP contribution in [0.15, 0.2) is 12.1 Å². The average molecular weight is 397 g/mol. The lowest BCUT2D eigenvalue weighted by atomic mass is 10.1. The topological polar surface area (TPSA) is 84.9 Å². The number of amides is 2. The van der Waals surface area contributed by atoms with Crippen LogP contribution >= 0.6 is 15.9 Å². The van der Waals surface area contributed by atoms with Crippen molar-refractivity contribution in [2.45, 2.75) is 18.9 Å². The zero-order valence-corrected chi connectivity index (χ0v) is 14.7. The van der Waals surface area contributed by atoms with Gasteiger partial charge < -0.3 is 19.7 Å². The summed E-state index contributed by atoms with van der Waals surface area (Å²) >= 11 is 3.33. The molecule has 0 radical (unpaired) electrons. The Morgan fingerprint density at radius 2 is 2.08 bits per heavy atom. The zero-order valence-electron chi connectivity index (χ0n) is 13.1. The summed E-state index contributed by atoms with van der Waals surface area (Å²) in [7, 11) is 1.49. The van der Waals surface area contributed by atoms with E-state index in [0.717, 1.165) is 11.8 Å². The van der Waals surface area contributed by atoms with Crippen molar-refractivity contribution in [1.82, 2.24) is 4.90 Å². The van der Waals surface area contributed by atoms with Gasteiger partial charge in [0.2, 0.25) is 5.91 Å². The molecule has 1 saturated heterocycles. The molecule has 2 heterocycles. The molecule has 2 amide bonds. The molecular formula is C16H17BrN2O5. The van der Waals surface area contributed by atoms with Crippen LogP contribution < -0.4 is 14.8 Å². The van der Waals surface area contributed by atoms with Crippen molar-refractivity contribution in [3.05, 3.63) is 17.7 Å². The highest BCUT2D eigenvalue weighted by Crippen LogP contribution is 2.37. The highest BCUT2D eigenvalue weighted by molar-refractivity contribution is 9.09. The number of nitrogens with zero attached hydrogens (tertiary/aromatic N) is 1. The second kappa shape index (κ2) is 6.80. The molecular weight excluding hydrogens is 380 g/mol. The predicted molar refractivity (Wildman–Crippen MR) is 90.0 cm³/mol. The van der Waals surface area contributed by atoms with E-state index in [4.69, 9.17) is 9.47 Å². The van der Waals surface area contributed by atoms with E-state index in [-0.39, 0.29) is 30.6 Å². The van der Waals surface area contributed by atoms with Gasteiger partial charge in [0, 0.05) is 17.8 Å². The molecule has 7 nitrogen and oxygen atoms in total. The van der Waals surface area contributed by atoms with Gasteiger partial charge in [-0.3, -0.25) is 14.4 Å². The SMILES string of the molecule is COc1cc2c(cc1OCCCBr)NC(=O)C1CC(=O)CN1C2=O. The number of alkyl halides is 1.